The number of piperazine rings is 1. The first kappa shape index (κ1) is 24.9. The smallest absolute Gasteiger partial charge is 0.410 e. The second kappa shape index (κ2) is 9.66. The number of ether oxygens (including phenoxy) is 1. The van der Waals surface area contributed by atoms with Gasteiger partial charge in [0.25, 0.3) is 10.0 Å². The minimum Gasteiger partial charge on any atom is -0.444 e. The molecule has 0 unspecified atom stereocenters. The molecule has 0 aliphatic carbocycles. The van der Waals surface area contributed by atoms with E-state index in [2.05, 4.69) is 0 Å². The van der Waals surface area contributed by atoms with Crippen molar-refractivity contribution in [3.63, 3.8) is 0 Å². The number of anilines is 1. The van der Waals surface area contributed by atoms with Crippen LogP contribution >= 0.6 is 0 Å². The Kier molecular flexibility index (Phi) is 7.30. The van der Waals surface area contributed by atoms with Gasteiger partial charge in [-0.1, -0.05) is 24.3 Å². The summed E-state index contributed by atoms with van der Waals surface area (Å²) in [6.07, 6.45) is -0.390. The van der Waals surface area contributed by atoms with Crippen molar-refractivity contribution in [3.8, 4) is 0 Å². The van der Waals surface area contributed by atoms with Crippen molar-refractivity contribution in [3.05, 3.63) is 59.4 Å². The van der Waals surface area contributed by atoms with Crippen molar-refractivity contribution >= 4 is 21.8 Å². The van der Waals surface area contributed by atoms with Gasteiger partial charge in [0, 0.05) is 37.4 Å². The first-order chi connectivity index (χ1) is 15.4. The van der Waals surface area contributed by atoms with E-state index in [4.69, 9.17) is 10.6 Å². The normalized spacial score (nSPS) is 15.1. The number of benzene rings is 2. The molecular weight excluding hydrogens is 447 g/mol. The molecule has 0 bridgehead atoms. The minimum atomic E-state index is -4.01. The number of carbonyl (C=O) groups is 1. The molecule has 1 heterocycles. The fraction of sp³-hybridized carbons (Fsp3) is 0.435. The minimum absolute atomic E-state index is 0.0800. The van der Waals surface area contributed by atoms with Gasteiger partial charge in [-0.2, -0.15) is 0 Å². The third-order valence-electron chi connectivity index (χ3n) is 5.36. The lowest BCUT2D eigenvalue weighted by atomic mass is 10.1. The predicted octanol–water partition coefficient (Wildman–Crippen LogP) is 3.26. The number of nitrogens with zero attached hydrogens (tertiary/aromatic N) is 3. The van der Waals surface area contributed by atoms with Gasteiger partial charge in [-0.05, 0) is 51.5 Å². The summed E-state index contributed by atoms with van der Waals surface area (Å²) in [6, 6.07) is 11.1. The highest BCUT2D eigenvalue weighted by Crippen LogP contribution is 2.28. The summed E-state index contributed by atoms with van der Waals surface area (Å²) in [4.78, 5) is 15.9. The van der Waals surface area contributed by atoms with E-state index in [0.717, 1.165) is 0 Å². The number of hydrogen-bond donors (Lipinski definition) is 1. The van der Waals surface area contributed by atoms with Crippen LogP contribution in [0.1, 0.15) is 31.9 Å². The van der Waals surface area contributed by atoms with Crippen molar-refractivity contribution in [2.45, 2.75) is 44.7 Å². The van der Waals surface area contributed by atoms with E-state index in [-0.39, 0.29) is 23.1 Å². The van der Waals surface area contributed by atoms with Gasteiger partial charge in [0.1, 0.15) is 11.4 Å². The quantitative estimate of drug-likeness (QED) is 0.524. The Morgan fingerprint density at radius 3 is 2.33 bits per heavy atom. The van der Waals surface area contributed by atoms with Gasteiger partial charge >= 0.3 is 6.09 Å². The molecule has 2 aromatic carbocycles. The third kappa shape index (κ3) is 5.82. The van der Waals surface area contributed by atoms with E-state index in [1.165, 1.54) is 12.1 Å². The van der Waals surface area contributed by atoms with E-state index in [1.807, 2.05) is 25.7 Å². The van der Waals surface area contributed by atoms with Crippen LogP contribution in [0.5, 0.6) is 0 Å². The predicted molar refractivity (Wildman–Crippen MR) is 125 cm³/mol. The molecule has 33 heavy (non-hydrogen) atoms. The molecule has 0 aromatic heterocycles. The zero-order valence-electron chi connectivity index (χ0n) is 19.4. The topological polar surface area (TPSA) is 96.2 Å². The van der Waals surface area contributed by atoms with E-state index >= 15 is 0 Å². The van der Waals surface area contributed by atoms with Crippen LogP contribution < -0.4 is 10.7 Å². The van der Waals surface area contributed by atoms with Gasteiger partial charge in [0.2, 0.25) is 0 Å². The van der Waals surface area contributed by atoms with Crippen LogP contribution in [-0.4, -0.2) is 55.6 Å². The lowest BCUT2D eigenvalue weighted by molar-refractivity contribution is 0.0240. The highest BCUT2D eigenvalue weighted by molar-refractivity contribution is 7.89. The number of halogens is 1. The van der Waals surface area contributed by atoms with Crippen molar-refractivity contribution in [2.75, 3.05) is 31.1 Å². The van der Waals surface area contributed by atoms with Crippen LogP contribution in [0.4, 0.5) is 14.9 Å². The van der Waals surface area contributed by atoms with E-state index in [9.17, 15) is 17.6 Å². The fourth-order valence-electron chi connectivity index (χ4n) is 3.67. The second-order valence-electron chi connectivity index (χ2n) is 9.01. The SMILES string of the molecule is Cc1ccccc1S(=O)(=O)N(N)Cc1c(F)cccc1N1CCN(C(=O)OC(C)(C)C)CC1. The molecule has 0 radical (unpaired) electrons. The van der Waals surface area contributed by atoms with Crippen molar-refractivity contribution in [1.82, 2.24) is 9.31 Å². The summed E-state index contributed by atoms with van der Waals surface area (Å²) in [5.41, 5.74) is 0.703. The van der Waals surface area contributed by atoms with Crippen LogP contribution in [-0.2, 0) is 21.3 Å². The molecule has 2 N–H and O–H groups in total. The molecule has 8 nitrogen and oxygen atoms in total. The summed E-state index contributed by atoms with van der Waals surface area (Å²) < 4.78 is 46.9. The number of sulfonamides is 1. The molecule has 0 saturated carbocycles. The molecule has 1 fully saturated rings. The van der Waals surface area contributed by atoms with Gasteiger partial charge < -0.3 is 14.5 Å². The van der Waals surface area contributed by atoms with Crippen molar-refractivity contribution in [2.24, 2.45) is 5.84 Å². The number of hydrogen-bond acceptors (Lipinski definition) is 6. The Bertz CT molecular complexity index is 1110. The lowest BCUT2D eigenvalue weighted by Gasteiger charge is -2.37. The first-order valence-corrected chi connectivity index (χ1v) is 12.2. The molecule has 1 aliphatic rings. The van der Waals surface area contributed by atoms with Crippen molar-refractivity contribution in [1.29, 1.82) is 0 Å². The number of carbonyl (C=O) groups excluding carboxylic acids is 1. The maximum absolute atomic E-state index is 14.8. The summed E-state index contributed by atoms with van der Waals surface area (Å²) in [7, 11) is -4.01. The van der Waals surface area contributed by atoms with Gasteiger partial charge in [0.15, 0.2) is 0 Å². The Morgan fingerprint density at radius 1 is 1.09 bits per heavy atom. The summed E-state index contributed by atoms with van der Waals surface area (Å²) in [5.74, 6) is 5.42. The average Bonchev–Trinajstić information content (AvgIpc) is 2.74. The Morgan fingerprint density at radius 2 is 1.73 bits per heavy atom. The number of aryl methyl sites for hydroxylation is 1. The first-order valence-electron chi connectivity index (χ1n) is 10.7. The molecule has 180 valence electrons. The monoisotopic (exact) mass is 478 g/mol. The third-order valence-corrected chi connectivity index (χ3v) is 7.12. The molecule has 3 rings (SSSR count). The maximum Gasteiger partial charge on any atom is 0.410 e. The lowest BCUT2D eigenvalue weighted by Crippen LogP contribution is -2.50. The van der Waals surface area contributed by atoms with Crippen LogP contribution in [0.15, 0.2) is 47.4 Å². The highest BCUT2D eigenvalue weighted by Gasteiger charge is 2.29. The summed E-state index contributed by atoms with van der Waals surface area (Å²) in [6.45, 7) is 8.48. The maximum atomic E-state index is 14.8. The molecule has 1 aliphatic heterocycles. The largest absolute Gasteiger partial charge is 0.444 e. The van der Waals surface area contributed by atoms with Gasteiger partial charge in [-0.15, -0.1) is 4.41 Å². The van der Waals surface area contributed by atoms with Crippen LogP contribution in [0.2, 0.25) is 0 Å². The summed E-state index contributed by atoms with van der Waals surface area (Å²) in [5, 5.41) is 0. The standard InChI is InChI=1S/C23H31FN4O4S/c1-17-8-5-6-11-21(17)33(30,31)28(25)16-18-19(24)9-7-10-20(18)26-12-14-27(15-13-26)22(29)32-23(2,3)4/h5-11H,12-16,25H2,1-4H3. The average molecular weight is 479 g/mol. The van der Waals surface area contributed by atoms with Gasteiger partial charge in [-0.25, -0.2) is 17.6 Å². The number of amides is 1. The molecule has 0 atom stereocenters. The highest BCUT2D eigenvalue weighted by atomic mass is 32.2. The second-order valence-corrected chi connectivity index (χ2v) is 10.9. The van der Waals surface area contributed by atoms with E-state index in [0.29, 0.717) is 41.8 Å². The van der Waals surface area contributed by atoms with E-state index in [1.54, 1.807) is 42.2 Å². The number of hydrazine groups is 1. The van der Waals surface area contributed by atoms with Crippen molar-refractivity contribution < 1.29 is 22.3 Å². The van der Waals surface area contributed by atoms with Gasteiger partial charge in [0.05, 0.1) is 11.4 Å². The van der Waals surface area contributed by atoms with E-state index < -0.39 is 21.4 Å². The Balaban J connectivity index is 1.78. The molecule has 2 aromatic rings. The fourth-order valence-corrected chi connectivity index (χ4v) is 4.95. The Hall–Kier alpha value is -2.69. The molecular formula is C23H31FN4O4S. The number of nitrogens with two attached hydrogens (primary N) is 1. The summed E-state index contributed by atoms with van der Waals surface area (Å²) >= 11 is 0. The molecule has 1 saturated heterocycles. The van der Waals surface area contributed by atoms with Crippen LogP contribution in [0, 0.1) is 12.7 Å². The van der Waals surface area contributed by atoms with Crippen LogP contribution in [0.3, 0.4) is 0 Å². The van der Waals surface area contributed by atoms with Crippen LogP contribution in [0.25, 0.3) is 0 Å². The molecule has 1 amide bonds. The van der Waals surface area contributed by atoms with Gasteiger partial charge in [-0.3, -0.25) is 5.84 Å². The Labute approximate surface area is 194 Å². The zero-order chi connectivity index (χ0) is 24.4. The molecule has 10 heteroatoms. The zero-order valence-corrected chi connectivity index (χ0v) is 20.2. The molecule has 0 spiro atoms. The number of rotatable bonds is 5.